The summed E-state index contributed by atoms with van der Waals surface area (Å²) in [6, 6.07) is 9.38. The lowest BCUT2D eigenvalue weighted by Crippen LogP contribution is -2.02. The molecule has 1 N–H and O–H groups in total. The van der Waals surface area contributed by atoms with E-state index in [1.54, 1.807) is 7.11 Å². The van der Waals surface area contributed by atoms with Gasteiger partial charge >= 0.3 is 0 Å². The molecule has 3 aromatic rings. The highest BCUT2D eigenvalue weighted by Gasteiger charge is 2.19. The first-order chi connectivity index (χ1) is 12.8. The Morgan fingerprint density at radius 3 is 2.96 bits per heavy atom. The van der Waals surface area contributed by atoms with Gasteiger partial charge in [-0.2, -0.15) is 0 Å². The Morgan fingerprint density at radius 2 is 2.12 bits per heavy atom. The summed E-state index contributed by atoms with van der Waals surface area (Å²) in [6.45, 7) is 0.742. The molecule has 0 saturated heterocycles. The molecule has 1 aliphatic heterocycles. The van der Waals surface area contributed by atoms with Crippen molar-refractivity contribution in [2.24, 2.45) is 0 Å². The maximum Gasteiger partial charge on any atom is 0.231 e. The first-order valence-electron chi connectivity index (χ1n) is 7.97. The molecular weight excluding hydrogens is 402 g/mol. The van der Waals surface area contributed by atoms with E-state index >= 15 is 0 Å². The van der Waals surface area contributed by atoms with Gasteiger partial charge in [0, 0.05) is 16.8 Å². The monoisotopic (exact) mass is 417 g/mol. The van der Waals surface area contributed by atoms with Crippen LogP contribution in [0.1, 0.15) is 0 Å². The topological polar surface area (TPSA) is 74.7 Å². The third-order valence-corrected chi connectivity index (χ3v) is 4.23. The van der Waals surface area contributed by atoms with E-state index in [1.165, 1.54) is 6.33 Å². The van der Waals surface area contributed by atoms with Crippen LogP contribution < -0.4 is 24.3 Å². The van der Waals surface area contributed by atoms with Crippen molar-refractivity contribution >= 4 is 38.3 Å². The molecule has 0 saturated carbocycles. The van der Waals surface area contributed by atoms with Gasteiger partial charge < -0.3 is 24.3 Å². The molecule has 0 aliphatic carbocycles. The van der Waals surface area contributed by atoms with Crippen molar-refractivity contribution in [3.05, 3.63) is 36.7 Å². The smallest absolute Gasteiger partial charge is 0.231 e. The van der Waals surface area contributed by atoms with Crippen molar-refractivity contribution in [1.82, 2.24) is 9.97 Å². The van der Waals surface area contributed by atoms with Gasteiger partial charge in [0.25, 0.3) is 0 Å². The second-order valence-electron chi connectivity index (χ2n) is 5.44. The molecule has 7 nitrogen and oxygen atoms in total. The van der Waals surface area contributed by atoms with Crippen molar-refractivity contribution < 1.29 is 18.9 Å². The summed E-state index contributed by atoms with van der Waals surface area (Å²) in [6.07, 6.45) is 1.51. The summed E-state index contributed by atoms with van der Waals surface area (Å²) >= 11 is 3.35. The lowest BCUT2D eigenvalue weighted by atomic mass is 10.2. The molecule has 4 rings (SSSR count). The molecule has 0 fully saturated rings. The van der Waals surface area contributed by atoms with E-state index in [0.717, 1.165) is 21.9 Å². The zero-order valence-corrected chi connectivity index (χ0v) is 15.6. The van der Waals surface area contributed by atoms with Gasteiger partial charge in [-0.05, 0) is 18.2 Å². The van der Waals surface area contributed by atoms with E-state index < -0.39 is 0 Å². The van der Waals surface area contributed by atoms with Crippen molar-refractivity contribution in [3.63, 3.8) is 0 Å². The Bertz CT molecular complexity index is 951. The molecule has 0 bridgehead atoms. The predicted octanol–water partition coefficient (Wildman–Crippen LogP) is 3.88. The van der Waals surface area contributed by atoms with Gasteiger partial charge in [-0.1, -0.05) is 22.0 Å². The molecule has 0 radical (unpaired) electrons. The van der Waals surface area contributed by atoms with Crippen LogP contribution in [0.4, 0.5) is 11.5 Å². The molecule has 8 heteroatoms. The number of hydrogen-bond donors (Lipinski definition) is 1. The van der Waals surface area contributed by atoms with Gasteiger partial charge in [0.1, 0.15) is 12.1 Å². The van der Waals surface area contributed by atoms with E-state index in [9.17, 15) is 0 Å². The summed E-state index contributed by atoms with van der Waals surface area (Å²) in [5.41, 5.74) is 1.52. The first-order valence-corrected chi connectivity index (χ1v) is 9.09. The summed E-state index contributed by atoms with van der Waals surface area (Å²) in [4.78, 5) is 8.72. The number of halogens is 1. The fourth-order valence-electron chi connectivity index (χ4n) is 2.74. The number of nitrogens with one attached hydrogen (secondary N) is 1. The average Bonchev–Trinajstić information content (AvgIpc) is 3.15. The fourth-order valence-corrected chi connectivity index (χ4v) is 2.90. The number of alkyl halides is 1. The van der Waals surface area contributed by atoms with Gasteiger partial charge in [0.2, 0.25) is 6.79 Å². The summed E-state index contributed by atoms with van der Waals surface area (Å²) in [5, 5.41) is 4.84. The highest BCUT2D eigenvalue weighted by molar-refractivity contribution is 9.09. The number of rotatable bonds is 6. The van der Waals surface area contributed by atoms with E-state index in [-0.39, 0.29) is 6.79 Å². The van der Waals surface area contributed by atoms with Gasteiger partial charge in [0.05, 0.1) is 24.9 Å². The highest BCUT2D eigenvalue weighted by atomic mass is 79.9. The van der Waals surface area contributed by atoms with E-state index in [1.807, 2.05) is 30.3 Å². The van der Waals surface area contributed by atoms with Crippen LogP contribution in [0, 0.1) is 0 Å². The van der Waals surface area contributed by atoms with Crippen LogP contribution in [-0.4, -0.2) is 35.8 Å². The van der Waals surface area contributed by atoms with Crippen LogP contribution in [0.2, 0.25) is 0 Å². The van der Waals surface area contributed by atoms with Crippen molar-refractivity contribution in [2.75, 3.05) is 31.2 Å². The third-order valence-electron chi connectivity index (χ3n) is 3.91. The van der Waals surface area contributed by atoms with Crippen molar-refractivity contribution in [1.29, 1.82) is 0 Å². The molecule has 0 spiro atoms. The number of fused-ring (bicyclic) bond motifs is 2. The van der Waals surface area contributed by atoms with Gasteiger partial charge in [0.15, 0.2) is 23.0 Å². The average molecular weight is 418 g/mol. The Morgan fingerprint density at radius 1 is 1.19 bits per heavy atom. The normalized spacial score (nSPS) is 12.2. The first kappa shape index (κ1) is 16.7. The van der Waals surface area contributed by atoms with Gasteiger partial charge in [-0.25, -0.2) is 9.97 Å². The molecular formula is C18H16BrN3O4. The summed E-state index contributed by atoms with van der Waals surface area (Å²) in [5.74, 6) is 3.28. The van der Waals surface area contributed by atoms with Crippen LogP contribution in [0.3, 0.4) is 0 Å². The molecule has 1 aromatic heterocycles. The summed E-state index contributed by atoms with van der Waals surface area (Å²) < 4.78 is 22.1. The molecule has 0 amide bonds. The van der Waals surface area contributed by atoms with Crippen LogP contribution in [-0.2, 0) is 0 Å². The SMILES string of the molecule is COc1cc2c(Nc3cccc4c3OCO4)ncnc2cc1OCCBr. The van der Waals surface area contributed by atoms with Crippen LogP contribution in [0.5, 0.6) is 23.0 Å². The van der Waals surface area contributed by atoms with Crippen molar-refractivity contribution in [3.8, 4) is 23.0 Å². The molecule has 134 valence electrons. The predicted molar refractivity (Wildman–Crippen MR) is 101 cm³/mol. The summed E-state index contributed by atoms with van der Waals surface area (Å²) in [7, 11) is 1.61. The molecule has 26 heavy (non-hydrogen) atoms. The molecule has 0 unspecified atom stereocenters. The van der Waals surface area contributed by atoms with E-state index in [0.29, 0.717) is 35.4 Å². The minimum absolute atomic E-state index is 0.209. The Balaban J connectivity index is 1.75. The van der Waals surface area contributed by atoms with Gasteiger partial charge in [-0.3, -0.25) is 0 Å². The zero-order valence-electron chi connectivity index (χ0n) is 14.0. The lowest BCUT2D eigenvalue weighted by Gasteiger charge is -2.14. The number of nitrogens with zero attached hydrogens (tertiary/aromatic N) is 2. The quantitative estimate of drug-likeness (QED) is 0.609. The van der Waals surface area contributed by atoms with Crippen molar-refractivity contribution in [2.45, 2.75) is 0 Å². The Labute approximate surface area is 158 Å². The molecule has 1 aliphatic rings. The molecule has 2 aromatic carbocycles. The van der Waals surface area contributed by atoms with Gasteiger partial charge in [-0.15, -0.1) is 0 Å². The Kier molecular flexibility index (Phi) is 4.66. The minimum atomic E-state index is 0.209. The lowest BCUT2D eigenvalue weighted by molar-refractivity contribution is 0.174. The number of ether oxygens (including phenoxy) is 4. The number of benzene rings is 2. The molecule has 2 heterocycles. The van der Waals surface area contributed by atoms with Crippen LogP contribution in [0.15, 0.2) is 36.7 Å². The zero-order chi connectivity index (χ0) is 17.9. The maximum absolute atomic E-state index is 5.71. The minimum Gasteiger partial charge on any atom is -0.493 e. The largest absolute Gasteiger partial charge is 0.493 e. The van der Waals surface area contributed by atoms with Crippen LogP contribution in [0.25, 0.3) is 10.9 Å². The second kappa shape index (κ2) is 7.25. The number of hydrogen-bond acceptors (Lipinski definition) is 7. The van der Waals surface area contributed by atoms with Crippen LogP contribution >= 0.6 is 15.9 Å². The molecule has 0 atom stereocenters. The second-order valence-corrected chi connectivity index (χ2v) is 6.24. The maximum atomic E-state index is 5.71. The number of methoxy groups -OCH3 is 1. The fraction of sp³-hybridized carbons (Fsp3) is 0.222. The standard InChI is InChI=1S/C18H16BrN3O4/c1-23-15-7-11-13(8-16(15)24-6-5-19)20-9-21-18(11)22-12-3-2-4-14-17(12)26-10-25-14/h2-4,7-9H,5-6,10H2,1H3,(H,20,21,22). The Hall–Kier alpha value is -2.74. The highest BCUT2D eigenvalue weighted by Crippen LogP contribution is 2.41. The number of aromatic nitrogens is 2. The van der Waals surface area contributed by atoms with E-state index in [4.69, 9.17) is 18.9 Å². The van der Waals surface area contributed by atoms with E-state index in [2.05, 4.69) is 31.2 Å². The number of anilines is 2. The number of para-hydroxylation sites is 1. The third kappa shape index (κ3) is 3.08.